The molecule has 0 aromatic carbocycles. The summed E-state index contributed by atoms with van der Waals surface area (Å²) in [5.41, 5.74) is 1.97. The van der Waals surface area contributed by atoms with E-state index in [1.54, 1.807) is 15.9 Å². The zero-order valence-electron chi connectivity index (χ0n) is 10.8. The van der Waals surface area contributed by atoms with Crippen LogP contribution in [0.4, 0.5) is 0 Å². The molecule has 0 fully saturated rings. The minimum atomic E-state index is 0.788. The average Bonchev–Trinajstić information content (AvgIpc) is 3.11. The van der Waals surface area contributed by atoms with Crippen molar-refractivity contribution >= 4 is 27.6 Å². The summed E-state index contributed by atoms with van der Waals surface area (Å²) in [6.07, 6.45) is 0. The first kappa shape index (κ1) is 11.7. The predicted molar refractivity (Wildman–Crippen MR) is 78.9 cm³/mol. The zero-order valence-corrected chi connectivity index (χ0v) is 12.4. The molecule has 4 heterocycles. The molecule has 0 aliphatic heterocycles. The van der Waals surface area contributed by atoms with Gasteiger partial charge >= 0.3 is 0 Å². The number of aryl methyl sites for hydroxylation is 2. The molecule has 0 aliphatic rings. The Hall–Kier alpha value is -2.06. The maximum atomic E-state index is 4.63. The smallest absolute Gasteiger partial charge is 0.235 e. The molecule has 0 unspecified atom stereocenters. The summed E-state index contributed by atoms with van der Waals surface area (Å²) < 4.78 is 3.64. The maximum Gasteiger partial charge on any atom is 0.235 e. The Kier molecular flexibility index (Phi) is 2.48. The largest absolute Gasteiger partial charge is 0.265 e. The monoisotopic (exact) mass is 302 g/mol. The van der Waals surface area contributed by atoms with Crippen LogP contribution in [0, 0.1) is 6.92 Å². The highest BCUT2D eigenvalue weighted by Gasteiger charge is 2.16. The summed E-state index contributed by atoms with van der Waals surface area (Å²) in [6.45, 7) is 1.97. The van der Waals surface area contributed by atoms with E-state index in [9.17, 15) is 0 Å². The molecule has 0 saturated heterocycles. The van der Waals surface area contributed by atoms with Gasteiger partial charge in [0.05, 0.1) is 16.3 Å². The Morgan fingerprint density at radius 3 is 2.80 bits per heavy atom. The molecule has 20 heavy (non-hydrogen) atoms. The van der Waals surface area contributed by atoms with Crippen molar-refractivity contribution in [2.24, 2.45) is 7.05 Å². The van der Waals surface area contributed by atoms with Gasteiger partial charge in [0, 0.05) is 7.05 Å². The van der Waals surface area contributed by atoms with E-state index in [0.29, 0.717) is 0 Å². The molecule has 0 bridgehead atoms. The summed E-state index contributed by atoms with van der Waals surface area (Å²) in [5.74, 6) is 0.788. The van der Waals surface area contributed by atoms with Crippen LogP contribution in [0.25, 0.3) is 26.4 Å². The number of hydrogen-bond acceptors (Lipinski definition) is 6. The van der Waals surface area contributed by atoms with Gasteiger partial charge in [-0.3, -0.25) is 4.68 Å². The maximum absolute atomic E-state index is 4.63. The number of nitrogens with zero attached hydrogens (tertiary/aromatic N) is 6. The zero-order chi connectivity index (χ0) is 13.7. The summed E-state index contributed by atoms with van der Waals surface area (Å²) in [5, 5.41) is 20.3. The quantitative estimate of drug-likeness (QED) is 0.571. The van der Waals surface area contributed by atoms with E-state index in [-0.39, 0.29) is 0 Å². The van der Waals surface area contributed by atoms with Gasteiger partial charge in [-0.05, 0) is 24.4 Å². The van der Waals surface area contributed by atoms with Crippen molar-refractivity contribution in [2.45, 2.75) is 6.92 Å². The standard InChI is InChI=1S/C12H10N6S2/c1-7-6-8(17(2)15-7)11-16-18-10(9-4-3-5-19-9)13-14-12(18)20-11/h3-6H,1-2H3. The first-order valence-electron chi connectivity index (χ1n) is 5.99. The lowest BCUT2D eigenvalue weighted by molar-refractivity contribution is 0.761. The molecule has 4 aromatic rings. The van der Waals surface area contributed by atoms with Gasteiger partial charge in [0.15, 0.2) is 10.8 Å². The molecular weight excluding hydrogens is 292 g/mol. The Bertz CT molecular complexity index is 883. The summed E-state index contributed by atoms with van der Waals surface area (Å²) in [6, 6.07) is 6.05. The topological polar surface area (TPSA) is 60.9 Å². The summed E-state index contributed by atoms with van der Waals surface area (Å²) in [7, 11) is 1.92. The molecule has 0 N–H and O–H groups in total. The predicted octanol–water partition coefficient (Wildman–Crippen LogP) is 2.62. The normalized spacial score (nSPS) is 11.5. The fraction of sp³-hybridized carbons (Fsp3) is 0.167. The first-order chi connectivity index (χ1) is 9.72. The van der Waals surface area contributed by atoms with Crippen LogP contribution in [0.5, 0.6) is 0 Å². The van der Waals surface area contributed by atoms with Crippen molar-refractivity contribution in [3.05, 3.63) is 29.3 Å². The fourth-order valence-electron chi connectivity index (χ4n) is 2.09. The van der Waals surface area contributed by atoms with E-state index in [1.807, 2.05) is 42.2 Å². The lowest BCUT2D eigenvalue weighted by atomic mass is 10.4. The molecule has 0 atom stereocenters. The van der Waals surface area contributed by atoms with Crippen LogP contribution >= 0.6 is 22.7 Å². The van der Waals surface area contributed by atoms with Gasteiger partial charge in [-0.25, -0.2) is 0 Å². The molecular formula is C12H10N6S2. The van der Waals surface area contributed by atoms with E-state index in [1.165, 1.54) is 11.3 Å². The van der Waals surface area contributed by atoms with Gasteiger partial charge in [0.1, 0.15) is 0 Å². The SMILES string of the molecule is Cc1cc(-c2nn3c(-c4cccs4)nnc3s2)n(C)n1. The van der Waals surface area contributed by atoms with Crippen LogP contribution in [0.2, 0.25) is 0 Å². The Labute approximate surface area is 122 Å². The second-order valence-electron chi connectivity index (χ2n) is 4.40. The van der Waals surface area contributed by atoms with E-state index in [2.05, 4.69) is 20.4 Å². The van der Waals surface area contributed by atoms with Crippen LogP contribution in [0.3, 0.4) is 0 Å². The fourth-order valence-corrected chi connectivity index (χ4v) is 3.67. The van der Waals surface area contributed by atoms with Gasteiger partial charge in [0.25, 0.3) is 0 Å². The lowest BCUT2D eigenvalue weighted by Crippen LogP contribution is -1.95. The third-order valence-electron chi connectivity index (χ3n) is 2.95. The molecule has 0 amide bonds. The van der Waals surface area contributed by atoms with Crippen LogP contribution < -0.4 is 0 Å². The number of rotatable bonds is 2. The average molecular weight is 302 g/mol. The second kappa shape index (κ2) is 4.22. The van der Waals surface area contributed by atoms with Crippen molar-refractivity contribution in [1.29, 1.82) is 0 Å². The molecule has 8 heteroatoms. The Morgan fingerprint density at radius 1 is 1.20 bits per heavy atom. The Balaban J connectivity index is 1.90. The van der Waals surface area contributed by atoms with E-state index in [0.717, 1.165) is 32.1 Å². The molecule has 0 radical (unpaired) electrons. The number of thiophene rings is 1. The van der Waals surface area contributed by atoms with Crippen molar-refractivity contribution in [3.63, 3.8) is 0 Å². The molecule has 0 saturated carbocycles. The number of aromatic nitrogens is 6. The van der Waals surface area contributed by atoms with Crippen LogP contribution in [-0.4, -0.2) is 29.6 Å². The van der Waals surface area contributed by atoms with Gasteiger partial charge in [-0.1, -0.05) is 17.4 Å². The van der Waals surface area contributed by atoms with E-state index in [4.69, 9.17) is 0 Å². The van der Waals surface area contributed by atoms with E-state index >= 15 is 0 Å². The third-order valence-corrected chi connectivity index (χ3v) is 4.74. The van der Waals surface area contributed by atoms with Crippen LogP contribution in [-0.2, 0) is 7.05 Å². The van der Waals surface area contributed by atoms with Crippen molar-refractivity contribution in [1.82, 2.24) is 29.6 Å². The highest BCUT2D eigenvalue weighted by molar-refractivity contribution is 7.19. The summed E-state index contributed by atoms with van der Waals surface area (Å²) >= 11 is 3.15. The van der Waals surface area contributed by atoms with E-state index < -0.39 is 0 Å². The van der Waals surface area contributed by atoms with Gasteiger partial charge in [-0.15, -0.1) is 21.5 Å². The van der Waals surface area contributed by atoms with Gasteiger partial charge in [-0.2, -0.15) is 14.7 Å². The minimum absolute atomic E-state index is 0.788. The minimum Gasteiger partial charge on any atom is -0.265 e. The van der Waals surface area contributed by atoms with Crippen molar-refractivity contribution < 1.29 is 0 Å². The highest BCUT2D eigenvalue weighted by Crippen LogP contribution is 2.29. The van der Waals surface area contributed by atoms with Crippen molar-refractivity contribution in [3.8, 4) is 21.4 Å². The molecule has 0 aliphatic carbocycles. The second-order valence-corrected chi connectivity index (χ2v) is 6.30. The Morgan fingerprint density at radius 2 is 2.10 bits per heavy atom. The van der Waals surface area contributed by atoms with Gasteiger partial charge in [0.2, 0.25) is 4.96 Å². The van der Waals surface area contributed by atoms with Crippen molar-refractivity contribution in [2.75, 3.05) is 0 Å². The highest BCUT2D eigenvalue weighted by atomic mass is 32.1. The molecule has 100 valence electrons. The molecule has 0 spiro atoms. The summed E-state index contributed by atoms with van der Waals surface area (Å²) in [4.78, 5) is 1.86. The van der Waals surface area contributed by atoms with Crippen LogP contribution in [0.15, 0.2) is 23.6 Å². The van der Waals surface area contributed by atoms with Crippen LogP contribution in [0.1, 0.15) is 5.69 Å². The number of hydrogen-bond donors (Lipinski definition) is 0. The number of fused-ring (bicyclic) bond motifs is 1. The van der Waals surface area contributed by atoms with Gasteiger partial charge < -0.3 is 0 Å². The molecule has 4 aromatic heterocycles. The molecule has 6 nitrogen and oxygen atoms in total. The first-order valence-corrected chi connectivity index (χ1v) is 7.69. The lowest BCUT2D eigenvalue weighted by Gasteiger charge is -1.95. The molecule has 4 rings (SSSR count). The third kappa shape index (κ3) is 1.69.